The molecule has 0 aliphatic carbocycles. The molecule has 1 amide bonds. The van der Waals surface area contributed by atoms with Crippen LogP contribution >= 0.6 is 0 Å². The molecule has 0 aromatic carbocycles. The number of amides is 1. The minimum absolute atomic E-state index is 0.322. The Hall–Kier alpha value is -2.04. The van der Waals surface area contributed by atoms with E-state index in [0.29, 0.717) is 5.57 Å². The van der Waals surface area contributed by atoms with E-state index in [1.54, 1.807) is 46.8 Å². The molecule has 0 atom stereocenters. The normalized spacial score (nSPS) is 16.8. The summed E-state index contributed by atoms with van der Waals surface area (Å²) < 4.78 is 10.5. The van der Waals surface area contributed by atoms with Gasteiger partial charge in [-0.05, 0) is 46.8 Å². The number of carbonyl (C=O) groups is 2. The van der Waals surface area contributed by atoms with Gasteiger partial charge in [-0.25, -0.2) is 9.59 Å². The minimum Gasteiger partial charge on any atom is -0.447 e. The highest BCUT2D eigenvalue weighted by Gasteiger charge is 2.28. The molecule has 0 N–H and O–H groups in total. The van der Waals surface area contributed by atoms with Crippen molar-refractivity contribution in [1.82, 2.24) is 4.90 Å². The molecule has 0 saturated carbocycles. The van der Waals surface area contributed by atoms with Crippen LogP contribution in [0.15, 0.2) is 36.7 Å². The summed E-state index contributed by atoms with van der Waals surface area (Å²) in [5, 5.41) is 0. The van der Waals surface area contributed by atoms with E-state index in [1.807, 2.05) is 0 Å². The zero-order chi connectivity index (χ0) is 15.6. The Morgan fingerprint density at radius 3 is 2.10 bits per heavy atom. The molecule has 0 aromatic heterocycles. The van der Waals surface area contributed by atoms with Crippen molar-refractivity contribution >= 4 is 12.1 Å². The van der Waals surface area contributed by atoms with E-state index in [-0.39, 0.29) is 0 Å². The lowest BCUT2D eigenvalue weighted by atomic mass is 10.0. The first kappa shape index (κ1) is 16.0. The topological polar surface area (TPSA) is 55.8 Å². The summed E-state index contributed by atoms with van der Waals surface area (Å²) >= 11 is 0. The van der Waals surface area contributed by atoms with Gasteiger partial charge in [0.1, 0.15) is 11.2 Å². The van der Waals surface area contributed by atoms with Crippen LogP contribution in [0.25, 0.3) is 0 Å². The van der Waals surface area contributed by atoms with Crippen LogP contribution in [0, 0.1) is 0 Å². The van der Waals surface area contributed by atoms with Crippen LogP contribution in [0.1, 0.15) is 34.6 Å². The lowest BCUT2D eigenvalue weighted by Crippen LogP contribution is -2.35. The van der Waals surface area contributed by atoms with Crippen molar-refractivity contribution in [1.29, 1.82) is 0 Å². The fraction of sp³-hybridized carbons (Fsp3) is 0.467. The third-order valence-corrected chi connectivity index (χ3v) is 2.40. The van der Waals surface area contributed by atoms with E-state index in [9.17, 15) is 9.59 Å². The predicted molar refractivity (Wildman–Crippen MR) is 75.7 cm³/mol. The molecule has 1 aliphatic heterocycles. The molecule has 0 saturated heterocycles. The van der Waals surface area contributed by atoms with E-state index >= 15 is 0 Å². The highest BCUT2D eigenvalue weighted by Crippen LogP contribution is 2.22. The first-order valence-electron chi connectivity index (χ1n) is 6.31. The average molecular weight is 279 g/mol. The largest absolute Gasteiger partial charge is 0.447 e. The van der Waals surface area contributed by atoms with Gasteiger partial charge in [-0.3, -0.25) is 4.90 Å². The molecule has 1 aliphatic rings. The molecule has 5 nitrogen and oxygen atoms in total. The summed E-state index contributed by atoms with van der Waals surface area (Å²) in [5.74, 6) is -0.479. The fourth-order valence-corrected chi connectivity index (χ4v) is 1.35. The maximum Gasteiger partial charge on any atom is 0.418 e. The number of nitrogens with zero attached hydrogens (tertiary/aromatic N) is 1. The fourth-order valence-electron chi connectivity index (χ4n) is 1.35. The van der Waals surface area contributed by atoms with Crippen molar-refractivity contribution in [3.8, 4) is 0 Å². The monoisotopic (exact) mass is 279 g/mol. The van der Waals surface area contributed by atoms with Gasteiger partial charge in [0.25, 0.3) is 0 Å². The molecule has 20 heavy (non-hydrogen) atoms. The van der Waals surface area contributed by atoms with Crippen LogP contribution in [0.2, 0.25) is 0 Å². The summed E-state index contributed by atoms with van der Waals surface area (Å²) in [5.41, 5.74) is -1.14. The number of carbonyl (C=O) groups excluding carboxylic acids is 2. The number of hydrogen-bond acceptors (Lipinski definition) is 4. The second-order valence-corrected chi connectivity index (χ2v) is 5.87. The molecule has 0 spiro atoms. The van der Waals surface area contributed by atoms with Crippen molar-refractivity contribution in [2.75, 3.05) is 0 Å². The summed E-state index contributed by atoms with van der Waals surface area (Å²) in [6.07, 6.45) is 5.76. The smallest absolute Gasteiger partial charge is 0.418 e. The van der Waals surface area contributed by atoms with E-state index in [0.717, 1.165) is 0 Å². The quantitative estimate of drug-likeness (QED) is 0.575. The Bertz CT molecular complexity index is 469. The Morgan fingerprint density at radius 2 is 1.70 bits per heavy atom. The molecular weight excluding hydrogens is 258 g/mol. The highest BCUT2D eigenvalue weighted by atomic mass is 16.6. The molecule has 0 radical (unpaired) electrons. The van der Waals surface area contributed by atoms with Crippen LogP contribution in [-0.2, 0) is 14.3 Å². The second kappa shape index (κ2) is 5.53. The number of ether oxygens (including phenoxy) is 2. The number of hydrogen-bond donors (Lipinski definition) is 0. The van der Waals surface area contributed by atoms with Gasteiger partial charge in [0.05, 0.1) is 0 Å². The van der Waals surface area contributed by atoms with Crippen molar-refractivity contribution in [3.05, 3.63) is 36.7 Å². The van der Waals surface area contributed by atoms with Gasteiger partial charge in [-0.15, -0.1) is 0 Å². The van der Waals surface area contributed by atoms with E-state index in [1.165, 1.54) is 17.3 Å². The Labute approximate surface area is 119 Å². The molecule has 0 bridgehead atoms. The SMILES string of the molecule is C=C(C)C(=O)OC1(C)C=CN(C(=O)OC(C)(C)C)C=C1. The third-order valence-electron chi connectivity index (χ3n) is 2.40. The van der Waals surface area contributed by atoms with Crippen molar-refractivity contribution < 1.29 is 19.1 Å². The maximum atomic E-state index is 11.8. The molecule has 1 rings (SSSR count). The van der Waals surface area contributed by atoms with Crippen molar-refractivity contribution in [3.63, 3.8) is 0 Å². The Morgan fingerprint density at radius 1 is 1.20 bits per heavy atom. The highest BCUT2D eigenvalue weighted by molar-refractivity contribution is 5.87. The van der Waals surface area contributed by atoms with Crippen LogP contribution < -0.4 is 0 Å². The standard InChI is InChI=1S/C15H21NO4/c1-11(2)12(17)19-15(6)7-9-16(10-8-15)13(18)20-14(3,4)5/h7-10H,1H2,2-6H3. The van der Waals surface area contributed by atoms with Gasteiger partial charge in [-0.1, -0.05) is 6.58 Å². The second-order valence-electron chi connectivity index (χ2n) is 5.87. The van der Waals surface area contributed by atoms with Gasteiger partial charge in [0.2, 0.25) is 0 Å². The lowest BCUT2D eigenvalue weighted by Gasteiger charge is -2.29. The number of rotatable bonds is 2. The van der Waals surface area contributed by atoms with Crippen molar-refractivity contribution in [2.45, 2.75) is 45.8 Å². The summed E-state index contributed by atoms with van der Waals surface area (Å²) in [7, 11) is 0. The summed E-state index contributed by atoms with van der Waals surface area (Å²) in [6, 6.07) is 0. The lowest BCUT2D eigenvalue weighted by molar-refractivity contribution is -0.145. The van der Waals surface area contributed by atoms with Gasteiger partial charge < -0.3 is 9.47 Å². The zero-order valence-corrected chi connectivity index (χ0v) is 12.6. The molecule has 110 valence electrons. The van der Waals surface area contributed by atoms with Crippen LogP contribution in [0.3, 0.4) is 0 Å². The first-order chi connectivity index (χ1) is 9.02. The summed E-state index contributed by atoms with van der Waals surface area (Å²) in [6.45, 7) is 12.2. The van der Waals surface area contributed by atoms with Crippen molar-refractivity contribution in [2.24, 2.45) is 0 Å². The summed E-state index contributed by atoms with van der Waals surface area (Å²) in [4.78, 5) is 24.7. The van der Waals surface area contributed by atoms with E-state index in [4.69, 9.17) is 9.47 Å². The Balaban J connectivity index is 2.70. The third kappa shape index (κ3) is 4.57. The molecule has 0 aromatic rings. The zero-order valence-electron chi connectivity index (χ0n) is 12.6. The van der Waals surface area contributed by atoms with Crippen LogP contribution in [-0.4, -0.2) is 28.2 Å². The molecule has 0 fully saturated rings. The molecule has 0 unspecified atom stereocenters. The van der Waals surface area contributed by atoms with E-state index < -0.39 is 23.3 Å². The van der Waals surface area contributed by atoms with Crippen LogP contribution in [0.5, 0.6) is 0 Å². The maximum absolute atomic E-state index is 11.8. The van der Waals surface area contributed by atoms with Gasteiger partial charge >= 0.3 is 12.1 Å². The first-order valence-corrected chi connectivity index (χ1v) is 6.31. The van der Waals surface area contributed by atoms with Gasteiger partial charge in [0, 0.05) is 18.0 Å². The average Bonchev–Trinajstić information content (AvgIpc) is 2.26. The van der Waals surface area contributed by atoms with Gasteiger partial charge in [-0.2, -0.15) is 0 Å². The molecular formula is C15H21NO4. The minimum atomic E-state index is -0.894. The number of esters is 1. The molecule has 1 heterocycles. The predicted octanol–water partition coefficient (Wildman–Crippen LogP) is 3.14. The molecule has 5 heteroatoms. The van der Waals surface area contributed by atoms with Crippen LogP contribution in [0.4, 0.5) is 4.79 Å². The van der Waals surface area contributed by atoms with E-state index in [2.05, 4.69) is 6.58 Å². The Kier molecular flexibility index (Phi) is 4.43. The van der Waals surface area contributed by atoms with Gasteiger partial charge in [0.15, 0.2) is 0 Å².